The summed E-state index contributed by atoms with van der Waals surface area (Å²) in [5, 5.41) is 2.66. The third-order valence-electron chi connectivity index (χ3n) is 1.70. The van der Waals surface area contributed by atoms with Crippen LogP contribution in [0.5, 0.6) is 5.75 Å². The molecule has 1 rings (SSSR count). The van der Waals surface area contributed by atoms with Crippen molar-refractivity contribution in [3.05, 3.63) is 22.7 Å². The van der Waals surface area contributed by atoms with Gasteiger partial charge in [-0.05, 0) is 25.1 Å². The Kier molecular flexibility index (Phi) is 7.12. The normalized spacial score (nSPS) is 9.19. The van der Waals surface area contributed by atoms with Gasteiger partial charge in [-0.3, -0.25) is 4.79 Å². The number of benzene rings is 1. The average Bonchev–Trinajstić information content (AvgIpc) is 2.22. The number of carbonyl (C=O) groups is 1. The molecule has 0 aliphatic heterocycles. The van der Waals surface area contributed by atoms with E-state index in [1.165, 1.54) is 0 Å². The Morgan fingerprint density at radius 1 is 1.56 bits per heavy atom. The van der Waals surface area contributed by atoms with Crippen LogP contribution in [0.1, 0.15) is 6.92 Å². The Bertz CT molecular complexity index is 361. The zero-order valence-electron chi connectivity index (χ0n) is 8.83. The Morgan fingerprint density at radius 2 is 2.25 bits per heavy atom. The molecule has 6 heteroatoms. The third kappa shape index (κ3) is 4.38. The molecule has 0 spiro atoms. The quantitative estimate of drug-likeness (QED) is 0.896. The van der Waals surface area contributed by atoms with Crippen molar-refractivity contribution in [1.29, 1.82) is 0 Å². The van der Waals surface area contributed by atoms with Gasteiger partial charge in [0.25, 0.3) is 0 Å². The van der Waals surface area contributed by atoms with Gasteiger partial charge in [-0.1, -0.05) is 15.9 Å². The first-order chi connectivity index (χ1) is 7.17. The van der Waals surface area contributed by atoms with Crippen LogP contribution in [0, 0.1) is 0 Å². The minimum atomic E-state index is -0.238. The van der Waals surface area contributed by atoms with Gasteiger partial charge in [0, 0.05) is 4.47 Å². The molecule has 1 amide bonds. The number of hydrogen-bond acceptors (Lipinski definition) is 3. The SMILES string of the molecule is CCOc1cc(Br)ccc1NC(=O)CN.Cl. The van der Waals surface area contributed by atoms with Crippen LogP contribution < -0.4 is 15.8 Å². The zero-order valence-corrected chi connectivity index (χ0v) is 11.2. The molecule has 0 saturated carbocycles. The van der Waals surface area contributed by atoms with Crippen LogP contribution in [0.15, 0.2) is 22.7 Å². The predicted octanol–water partition coefficient (Wildman–Crippen LogP) is 2.17. The first-order valence-corrected chi connectivity index (χ1v) is 5.39. The van der Waals surface area contributed by atoms with Crippen molar-refractivity contribution in [2.45, 2.75) is 6.92 Å². The van der Waals surface area contributed by atoms with Gasteiger partial charge < -0.3 is 15.8 Å². The summed E-state index contributed by atoms with van der Waals surface area (Å²) >= 11 is 3.33. The molecule has 4 nitrogen and oxygen atoms in total. The molecule has 90 valence electrons. The minimum Gasteiger partial charge on any atom is -0.492 e. The fraction of sp³-hybridized carbons (Fsp3) is 0.300. The average molecular weight is 310 g/mol. The molecule has 1 aromatic rings. The molecule has 0 heterocycles. The molecular formula is C10H14BrClN2O2. The van der Waals surface area contributed by atoms with Crippen molar-refractivity contribution in [2.24, 2.45) is 5.73 Å². The number of hydrogen-bond donors (Lipinski definition) is 2. The first kappa shape index (κ1) is 15.2. The van der Waals surface area contributed by atoms with Crippen molar-refractivity contribution in [3.63, 3.8) is 0 Å². The third-order valence-corrected chi connectivity index (χ3v) is 2.20. The zero-order chi connectivity index (χ0) is 11.3. The number of nitrogens with two attached hydrogens (primary N) is 1. The largest absolute Gasteiger partial charge is 0.492 e. The van der Waals surface area contributed by atoms with Crippen LogP contribution in [0.3, 0.4) is 0 Å². The fourth-order valence-corrected chi connectivity index (χ4v) is 1.42. The number of rotatable bonds is 4. The smallest absolute Gasteiger partial charge is 0.238 e. The van der Waals surface area contributed by atoms with Crippen molar-refractivity contribution >= 4 is 39.9 Å². The molecule has 16 heavy (non-hydrogen) atoms. The van der Waals surface area contributed by atoms with E-state index in [-0.39, 0.29) is 24.9 Å². The van der Waals surface area contributed by atoms with Crippen LogP contribution in [-0.4, -0.2) is 19.1 Å². The molecule has 0 unspecified atom stereocenters. The van der Waals surface area contributed by atoms with Crippen LogP contribution in [0.25, 0.3) is 0 Å². The van der Waals surface area contributed by atoms with E-state index in [2.05, 4.69) is 21.2 Å². The summed E-state index contributed by atoms with van der Waals surface area (Å²) in [4.78, 5) is 11.1. The molecule has 1 aromatic carbocycles. The van der Waals surface area contributed by atoms with Crippen molar-refractivity contribution < 1.29 is 9.53 Å². The van der Waals surface area contributed by atoms with Gasteiger partial charge in [-0.25, -0.2) is 0 Å². The monoisotopic (exact) mass is 308 g/mol. The fourth-order valence-electron chi connectivity index (χ4n) is 1.08. The van der Waals surface area contributed by atoms with Crippen LogP contribution >= 0.6 is 28.3 Å². The second-order valence-corrected chi connectivity index (χ2v) is 3.74. The summed E-state index contributed by atoms with van der Waals surface area (Å²) in [5.74, 6) is 0.395. The van der Waals surface area contributed by atoms with Crippen molar-refractivity contribution in [2.75, 3.05) is 18.5 Å². The lowest BCUT2D eigenvalue weighted by Gasteiger charge is -2.11. The molecule has 0 radical (unpaired) electrons. The van der Waals surface area contributed by atoms with E-state index in [0.29, 0.717) is 18.0 Å². The van der Waals surface area contributed by atoms with E-state index in [1.807, 2.05) is 13.0 Å². The summed E-state index contributed by atoms with van der Waals surface area (Å²) in [6.45, 7) is 2.39. The summed E-state index contributed by atoms with van der Waals surface area (Å²) in [6.07, 6.45) is 0. The maximum absolute atomic E-state index is 11.1. The Morgan fingerprint density at radius 3 is 2.81 bits per heavy atom. The van der Waals surface area contributed by atoms with E-state index in [0.717, 1.165) is 4.47 Å². The molecule has 0 aliphatic rings. The Hall–Kier alpha value is -0.780. The lowest BCUT2D eigenvalue weighted by Crippen LogP contribution is -2.22. The van der Waals surface area contributed by atoms with E-state index < -0.39 is 0 Å². The summed E-state index contributed by atoms with van der Waals surface area (Å²) in [5.41, 5.74) is 5.85. The molecule has 0 bridgehead atoms. The summed E-state index contributed by atoms with van der Waals surface area (Å²) in [6, 6.07) is 5.40. The number of halogens is 2. The van der Waals surface area contributed by atoms with Crippen molar-refractivity contribution in [1.82, 2.24) is 0 Å². The first-order valence-electron chi connectivity index (χ1n) is 4.59. The van der Waals surface area contributed by atoms with Gasteiger partial charge in [0.2, 0.25) is 5.91 Å². The molecule has 0 atom stereocenters. The summed E-state index contributed by atoms with van der Waals surface area (Å²) in [7, 11) is 0. The van der Waals surface area contributed by atoms with E-state index in [4.69, 9.17) is 10.5 Å². The van der Waals surface area contributed by atoms with Gasteiger partial charge in [0.1, 0.15) is 5.75 Å². The molecule has 0 fully saturated rings. The second kappa shape index (κ2) is 7.49. The van der Waals surface area contributed by atoms with Gasteiger partial charge in [-0.15, -0.1) is 12.4 Å². The number of anilines is 1. The molecule has 0 aromatic heterocycles. The minimum absolute atomic E-state index is 0. The number of ether oxygens (including phenoxy) is 1. The lowest BCUT2D eigenvalue weighted by atomic mass is 10.3. The molecule has 0 saturated heterocycles. The molecule has 3 N–H and O–H groups in total. The molecular weight excluding hydrogens is 295 g/mol. The Labute approximate surface area is 109 Å². The van der Waals surface area contributed by atoms with E-state index in [9.17, 15) is 4.79 Å². The number of amides is 1. The second-order valence-electron chi connectivity index (χ2n) is 2.83. The maximum Gasteiger partial charge on any atom is 0.238 e. The maximum atomic E-state index is 11.1. The van der Waals surface area contributed by atoms with E-state index >= 15 is 0 Å². The highest BCUT2D eigenvalue weighted by atomic mass is 79.9. The number of nitrogens with one attached hydrogen (secondary N) is 1. The van der Waals surface area contributed by atoms with Gasteiger partial charge in [-0.2, -0.15) is 0 Å². The highest BCUT2D eigenvalue weighted by Crippen LogP contribution is 2.28. The van der Waals surface area contributed by atoms with Gasteiger partial charge in [0.15, 0.2) is 0 Å². The topological polar surface area (TPSA) is 64.3 Å². The Balaban J connectivity index is 0.00000225. The predicted molar refractivity (Wildman–Crippen MR) is 70.2 cm³/mol. The van der Waals surface area contributed by atoms with E-state index in [1.54, 1.807) is 12.1 Å². The summed E-state index contributed by atoms with van der Waals surface area (Å²) < 4.78 is 6.28. The molecule has 0 aliphatic carbocycles. The van der Waals surface area contributed by atoms with Gasteiger partial charge >= 0.3 is 0 Å². The highest BCUT2D eigenvalue weighted by molar-refractivity contribution is 9.10. The van der Waals surface area contributed by atoms with Crippen LogP contribution in [-0.2, 0) is 4.79 Å². The van der Waals surface area contributed by atoms with Crippen LogP contribution in [0.2, 0.25) is 0 Å². The number of carbonyl (C=O) groups excluding carboxylic acids is 1. The highest BCUT2D eigenvalue weighted by Gasteiger charge is 2.06. The lowest BCUT2D eigenvalue weighted by molar-refractivity contribution is -0.114. The van der Waals surface area contributed by atoms with Crippen LogP contribution in [0.4, 0.5) is 5.69 Å². The van der Waals surface area contributed by atoms with Gasteiger partial charge in [0.05, 0.1) is 18.8 Å². The standard InChI is InChI=1S/C10H13BrN2O2.ClH/c1-2-15-9-5-7(11)3-4-8(9)13-10(14)6-12;/h3-5H,2,6,12H2,1H3,(H,13,14);1H. The van der Waals surface area contributed by atoms with Crippen molar-refractivity contribution in [3.8, 4) is 5.75 Å².